The van der Waals surface area contributed by atoms with Gasteiger partial charge in [-0.3, -0.25) is 15.0 Å². The van der Waals surface area contributed by atoms with Crippen molar-refractivity contribution >= 4 is 11.5 Å². The Morgan fingerprint density at radius 1 is 1.27 bits per heavy atom. The number of aromatic nitrogens is 1. The van der Waals surface area contributed by atoms with Gasteiger partial charge in [0.15, 0.2) is 0 Å². The number of aryl methyl sites for hydroxylation is 1. The molecule has 0 amide bonds. The molecular weight excluding hydrogens is 332 g/mol. The number of nitro groups is 1. The molecule has 7 nitrogen and oxygen atoms in total. The lowest BCUT2D eigenvalue weighted by Crippen LogP contribution is -2.46. The molecule has 26 heavy (non-hydrogen) atoms. The minimum atomic E-state index is -0.317. The summed E-state index contributed by atoms with van der Waals surface area (Å²) in [6.07, 6.45) is 5.68. The first-order valence-corrected chi connectivity index (χ1v) is 9.66. The van der Waals surface area contributed by atoms with Crippen molar-refractivity contribution in [3.05, 3.63) is 27.9 Å². The summed E-state index contributed by atoms with van der Waals surface area (Å²) >= 11 is 0. The van der Waals surface area contributed by atoms with E-state index in [-0.39, 0.29) is 10.6 Å². The van der Waals surface area contributed by atoms with E-state index in [1.807, 2.05) is 6.92 Å². The van der Waals surface area contributed by atoms with Crippen molar-refractivity contribution in [1.29, 1.82) is 0 Å². The van der Waals surface area contributed by atoms with Gasteiger partial charge in [0.25, 0.3) is 0 Å². The molecule has 144 valence electrons. The molecule has 2 aliphatic rings. The van der Waals surface area contributed by atoms with Crippen LogP contribution in [0.4, 0.5) is 11.5 Å². The smallest absolute Gasteiger partial charge is 0.311 e. The number of morpholine rings is 1. The Balaban J connectivity index is 1.51. The lowest BCUT2D eigenvalue weighted by molar-refractivity contribution is -0.384. The van der Waals surface area contributed by atoms with Crippen LogP contribution >= 0.6 is 0 Å². The quantitative estimate of drug-likeness (QED) is 0.592. The molecule has 1 aromatic heterocycles. The average Bonchev–Trinajstić information content (AvgIpc) is 2.59. The number of hydrogen-bond donors (Lipinski definition) is 0. The highest BCUT2D eigenvalue weighted by Gasteiger charge is 2.27. The van der Waals surface area contributed by atoms with Crippen LogP contribution in [0.3, 0.4) is 0 Å². The summed E-state index contributed by atoms with van der Waals surface area (Å²) in [7, 11) is 0. The van der Waals surface area contributed by atoms with Gasteiger partial charge in [0.2, 0.25) is 5.82 Å². The second kappa shape index (κ2) is 8.31. The number of piperidine rings is 1. The summed E-state index contributed by atoms with van der Waals surface area (Å²) in [6, 6.07) is 1.62. The van der Waals surface area contributed by atoms with Crippen LogP contribution in [0.1, 0.15) is 38.7 Å². The van der Waals surface area contributed by atoms with E-state index in [0.29, 0.717) is 23.9 Å². The number of rotatable bonds is 5. The van der Waals surface area contributed by atoms with Crippen molar-refractivity contribution < 1.29 is 9.66 Å². The van der Waals surface area contributed by atoms with Crippen molar-refractivity contribution in [1.82, 2.24) is 9.88 Å². The predicted octanol–water partition coefficient (Wildman–Crippen LogP) is 3.01. The highest BCUT2D eigenvalue weighted by molar-refractivity contribution is 5.58. The van der Waals surface area contributed by atoms with E-state index < -0.39 is 0 Å². The summed E-state index contributed by atoms with van der Waals surface area (Å²) in [5.41, 5.74) is 0.948. The molecule has 2 saturated heterocycles. The molecule has 0 radical (unpaired) electrons. The summed E-state index contributed by atoms with van der Waals surface area (Å²) in [5.74, 6) is 1.21. The zero-order chi connectivity index (χ0) is 18.7. The second-order valence-electron chi connectivity index (χ2n) is 7.85. The molecule has 0 aromatic carbocycles. The Labute approximate surface area is 155 Å². The Kier molecular flexibility index (Phi) is 6.09. The first kappa shape index (κ1) is 19.0. The van der Waals surface area contributed by atoms with E-state index in [1.54, 1.807) is 12.3 Å². The Morgan fingerprint density at radius 3 is 2.54 bits per heavy atom. The molecule has 0 N–H and O–H groups in total. The van der Waals surface area contributed by atoms with Crippen LogP contribution in [-0.2, 0) is 4.74 Å². The van der Waals surface area contributed by atoms with Crippen LogP contribution in [0.25, 0.3) is 0 Å². The molecule has 7 heteroatoms. The fourth-order valence-corrected chi connectivity index (χ4v) is 4.19. The molecule has 0 spiro atoms. The number of pyridine rings is 1. The summed E-state index contributed by atoms with van der Waals surface area (Å²) < 4.78 is 5.80. The fraction of sp³-hybridized carbons (Fsp3) is 0.737. The van der Waals surface area contributed by atoms with E-state index in [4.69, 9.17) is 4.74 Å². The third-order valence-electron chi connectivity index (χ3n) is 5.44. The third-order valence-corrected chi connectivity index (χ3v) is 5.44. The molecule has 2 fully saturated rings. The van der Waals surface area contributed by atoms with Gasteiger partial charge in [-0.1, -0.05) is 0 Å². The van der Waals surface area contributed by atoms with E-state index in [0.717, 1.165) is 51.1 Å². The average molecular weight is 362 g/mol. The van der Waals surface area contributed by atoms with Crippen LogP contribution in [0.5, 0.6) is 0 Å². The predicted molar refractivity (Wildman–Crippen MR) is 102 cm³/mol. The SMILES string of the molecule is Cc1cnc(N2CCC(CCN3CC(C)OC(C)C3)CC2)c([N+](=O)[O-])c1. The summed E-state index contributed by atoms with van der Waals surface area (Å²) in [6.45, 7) is 11.0. The third kappa shape index (κ3) is 4.71. The van der Waals surface area contributed by atoms with Gasteiger partial charge in [-0.25, -0.2) is 4.98 Å². The van der Waals surface area contributed by atoms with Gasteiger partial charge in [-0.2, -0.15) is 0 Å². The second-order valence-corrected chi connectivity index (χ2v) is 7.85. The highest BCUT2D eigenvalue weighted by atomic mass is 16.6. The van der Waals surface area contributed by atoms with Crippen molar-refractivity contribution in [2.75, 3.05) is 37.6 Å². The number of ether oxygens (including phenoxy) is 1. The van der Waals surface area contributed by atoms with E-state index >= 15 is 0 Å². The summed E-state index contributed by atoms with van der Waals surface area (Å²) in [4.78, 5) is 20.0. The molecule has 2 atom stereocenters. The summed E-state index contributed by atoms with van der Waals surface area (Å²) in [5, 5.41) is 11.3. The maximum absolute atomic E-state index is 11.3. The number of hydrogen-bond acceptors (Lipinski definition) is 6. The van der Waals surface area contributed by atoms with Crippen LogP contribution in [0.15, 0.2) is 12.3 Å². The Bertz CT molecular complexity index is 621. The lowest BCUT2D eigenvalue weighted by atomic mass is 9.93. The normalized spacial score (nSPS) is 25.4. The topological polar surface area (TPSA) is 71.7 Å². The van der Waals surface area contributed by atoms with Gasteiger partial charge in [0.1, 0.15) is 0 Å². The van der Waals surface area contributed by atoms with Crippen LogP contribution in [0, 0.1) is 23.0 Å². The maximum Gasteiger partial charge on any atom is 0.311 e. The Hall–Kier alpha value is -1.73. The molecule has 2 unspecified atom stereocenters. The first-order valence-electron chi connectivity index (χ1n) is 9.66. The lowest BCUT2D eigenvalue weighted by Gasteiger charge is -2.37. The number of anilines is 1. The zero-order valence-corrected chi connectivity index (χ0v) is 16.1. The maximum atomic E-state index is 11.3. The molecular formula is C19H30N4O3. The molecule has 0 bridgehead atoms. The number of nitrogens with zero attached hydrogens (tertiary/aromatic N) is 4. The minimum absolute atomic E-state index is 0.125. The van der Waals surface area contributed by atoms with Crippen LogP contribution in [0.2, 0.25) is 0 Å². The van der Waals surface area contributed by atoms with E-state index in [2.05, 4.69) is 28.6 Å². The van der Waals surface area contributed by atoms with E-state index in [1.165, 1.54) is 6.42 Å². The molecule has 0 aliphatic carbocycles. The van der Waals surface area contributed by atoms with Gasteiger partial charge >= 0.3 is 5.69 Å². The van der Waals surface area contributed by atoms with E-state index in [9.17, 15) is 10.1 Å². The van der Waals surface area contributed by atoms with Gasteiger partial charge in [0.05, 0.1) is 17.1 Å². The van der Waals surface area contributed by atoms with Crippen LogP contribution in [-0.4, -0.2) is 59.7 Å². The van der Waals surface area contributed by atoms with Gasteiger partial charge in [-0.15, -0.1) is 0 Å². The molecule has 0 saturated carbocycles. The largest absolute Gasteiger partial charge is 0.373 e. The van der Waals surface area contributed by atoms with Crippen molar-refractivity contribution in [2.45, 2.75) is 52.2 Å². The van der Waals surface area contributed by atoms with Crippen molar-refractivity contribution in [2.24, 2.45) is 5.92 Å². The molecule has 2 aliphatic heterocycles. The molecule has 3 heterocycles. The van der Waals surface area contributed by atoms with Gasteiger partial charge < -0.3 is 9.64 Å². The highest BCUT2D eigenvalue weighted by Crippen LogP contribution is 2.31. The van der Waals surface area contributed by atoms with Crippen molar-refractivity contribution in [3.63, 3.8) is 0 Å². The monoisotopic (exact) mass is 362 g/mol. The minimum Gasteiger partial charge on any atom is -0.373 e. The van der Waals surface area contributed by atoms with Gasteiger partial charge in [0, 0.05) is 38.4 Å². The first-order chi connectivity index (χ1) is 12.4. The Morgan fingerprint density at radius 2 is 1.92 bits per heavy atom. The van der Waals surface area contributed by atoms with Crippen LogP contribution < -0.4 is 4.90 Å². The zero-order valence-electron chi connectivity index (χ0n) is 16.1. The standard InChI is InChI=1S/C19H30N4O3/c1-14-10-18(23(24)25)19(20-11-14)22-8-5-17(6-9-22)4-7-21-12-15(2)26-16(3)13-21/h10-11,15-17H,4-9,12-13H2,1-3H3. The van der Waals surface area contributed by atoms with Gasteiger partial charge in [-0.05, 0) is 58.1 Å². The fourth-order valence-electron chi connectivity index (χ4n) is 4.19. The molecule has 1 aromatic rings. The van der Waals surface area contributed by atoms with Crippen molar-refractivity contribution in [3.8, 4) is 0 Å². The molecule has 3 rings (SSSR count).